The van der Waals surface area contributed by atoms with Gasteiger partial charge in [0.25, 0.3) is 0 Å². The molecular weight excluding hydrogens is 334 g/mol. The quantitative estimate of drug-likeness (QED) is 0.876. The fourth-order valence-corrected chi connectivity index (χ4v) is 2.57. The minimum atomic E-state index is -0.670. The molecule has 0 saturated heterocycles. The average Bonchev–Trinajstić information content (AvgIpc) is 2.75. The summed E-state index contributed by atoms with van der Waals surface area (Å²) < 4.78 is 6.43. The van der Waals surface area contributed by atoms with E-state index < -0.39 is 6.04 Å². The summed E-state index contributed by atoms with van der Waals surface area (Å²) in [5, 5.41) is 11.8. The van der Waals surface area contributed by atoms with Crippen LogP contribution < -0.4 is 15.8 Å². The standard InChI is InChI=1S/C15H10BrN3O2/c16-10-5-9-11(19-15(20)14(9)18)6-13(10)21-12-4-2-1-3-8(12)7-17/h1-6,14H,18H2,(H,19,20). The third-order valence-electron chi connectivity index (χ3n) is 3.21. The summed E-state index contributed by atoms with van der Waals surface area (Å²) in [5.74, 6) is 0.714. The van der Waals surface area contributed by atoms with E-state index in [0.717, 1.165) is 0 Å². The van der Waals surface area contributed by atoms with Gasteiger partial charge in [-0.2, -0.15) is 5.26 Å². The lowest BCUT2D eigenvalue weighted by Crippen LogP contribution is -2.19. The smallest absolute Gasteiger partial charge is 0.245 e. The summed E-state index contributed by atoms with van der Waals surface area (Å²) in [6.07, 6.45) is 0. The second-order valence-electron chi connectivity index (χ2n) is 4.55. The first-order valence-corrected chi connectivity index (χ1v) is 6.96. The molecule has 3 rings (SSSR count). The molecule has 104 valence electrons. The van der Waals surface area contributed by atoms with Crippen molar-refractivity contribution in [1.29, 1.82) is 5.26 Å². The number of anilines is 1. The normalized spacial score (nSPS) is 16.0. The highest BCUT2D eigenvalue weighted by Gasteiger charge is 2.28. The summed E-state index contributed by atoms with van der Waals surface area (Å²) in [6.45, 7) is 0. The molecule has 1 aliphatic rings. The van der Waals surface area contributed by atoms with Crippen LogP contribution in [0.2, 0.25) is 0 Å². The van der Waals surface area contributed by atoms with E-state index in [2.05, 4.69) is 27.3 Å². The van der Waals surface area contributed by atoms with Crippen LogP contribution in [-0.4, -0.2) is 5.91 Å². The van der Waals surface area contributed by atoms with Crippen LogP contribution in [0.1, 0.15) is 17.2 Å². The molecule has 3 N–H and O–H groups in total. The average molecular weight is 344 g/mol. The fraction of sp³-hybridized carbons (Fsp3) is 0.0667. The van der Waals surface area contributed by atoms with Gasteiger partial charge in [-0.1, -0.05) is 12.1 Å². The molecular formula is C15H10BrN3O2. The minimum absolute atomic E-state index is 0.244. The van der Waals surface area contributed by atoms with E-state index in [1.165, 1.54) is 0 Å². The van der Waals surface area contributed by atoms with Gasteiger partial charge in [-0.05, 0) is 34.1 Å². The van der Waals surface area contributed by atoms with Gasteiger partial charge >= 0.3 is 0 Å². The Hall–Kier alpha value is -2.36. The highest BCUT2D eigenvalue weighted by atomic mass is 79.9. The van der Waals surface area contributed by atoms with Gasteiger partial charge in [0.15, 0.2) is 0 Å². The lowest BCUT2D eigenvalue weighted by molar-refractivity contribution is -0.116. The third-order valence-corrected chi connectivity index (χ3v) is 3.83. The number of nitriles is 1. The molecule has 5 nitrogen and oxygen atoms in total. The van der Waals surface area contributed by atoms with Crippen LogP contribution in [0.4, 0.5) is 5.69 Å². The van der Waals surface area contributed by atoms with Gasteiger partial charge < -0.3 is 15.8 Å². The van der Waals surface area contributed by atoms with Crippen molar-refractivity contribution in [2.45, 2.75) is 6.04 Å². The maximum absolute atomic E-state index is 11.6. The zero-order valence-electron chi connectivity index (χ0n) is 10.8. The van der Waals surface area contributed by atoms with Crippen molar-refractivity contribution in [3.63, 3.8) is 0 Å². The number of carbonyl (C=O) groups excluding carboxylic acids is 1. The number of ether oxygens (including phenoxy) is 1. The molecule has 1 aliphatic heterocycles. The first-order chi connectivity index (χ1) is 10.1. The van der Waals surface area contributed by atoms with Gasteiger partial charge in [0.1, 0.15) is 23.6 Å². The maximum atomic E-state index is 11.6. The Morgan fingerprint density at radius 3 is 2.81 bits per heavy atom. The number of nitrogens with zero attached hydrogens (tertiary/aromatic N) is 1. The van der Waals surface area contributed by atoms with Crippen LogP contribution in [0, 0.1) is 11.3 Å². The summed E-state index contributed by atoms with van der Waals surface area (Å²) >= 11 is 3.40. The lowest BCUT2D eigenvalue weighted by atomic mass is 10.1. The fourth-order valence-electron chi connectivity index (χ4n) is 2.13. The Kier molecular flexibility index (Phi) is 3.37. The molecule has 2 aromatic carbocycles. The minimum Gasteiger partial charge on any atom is -0.455 e. The first-order valence-electron chi connectivity index (χ1n) is 6.17. The van der Waals surface area contributed by atoms with Gasteiger partial charge in [0, 0.05) is 17.3 Å². The molecule has 1 amide bonds. The van der Waals surface area contributed by atoms with Crippen LogP contribution in [0.5, 0.6) is 11.5 Å². The zero-order chi connectivity index (χ0) is 15.0. The lowest BCUT2D eigenvalue weighted by Gasteiger charge is -2.11. The van der Waals surface area contributed by atoms with Crippen molar-refractivity contribution in [3.05, 3.63) is 52.0 Å². The van der Waals surface area contributed by atoms with Crippen LogP contribution in [0.15, 0.2) is 40.9 Å². The number of amides is 1. The van der Waals surface area contributed by atoms with Gasteiger partial charge in [0.05, 0.1) is 10.0 Å². The Bertz CT molecular complexity index is 783. The van der Waals surface area contributed by atoms with E-state index >= 15 is 0 Å². The molecule has 1 heterocycles. The van der Waals surface area contributed by atoms with E-state index in [9.17, 15) is 4.79 Å². The van der Waals surface area contributed by atoms with Crippen LogP contribution in [0.25, 0.3) is 0 Å². The molecule has 21 heavy (non-hydrogen) atoms. The highest BCUT2D eigenvalue weighted by Crippen LogP contribution is 2.39. The molecule has 0 radical (unpaired) electrons. The second kappa shape index (κ2) is 5.20. The van der Waals surface area contributed by atoms with E-state index in [1.54, 1.807) is 36.4 Å². The van der Waals surface area contributed by atoms with Gasteiger partial charge in [-0.3, -0.25) is 4.79 Å². The number of halogens is 1. The summed E-state index contributed by atoms with van der Waals surface area (Å²) in [5.41, 5.74) is 7.57. The maximum Gasteiger partial charge on any atom is 0.245 e. The van der Waals surface area contributed by atoms with Crippen molar-refractivity contribution < 1.29 is 9.53 Å². The molecule has 1 unspecified atom stereocenters. The summed E-state index contributed by atoms with van der Waals surface area (Å²) in [7, 11) is 0. The molecule has 6 heteroatoms. The molecule has 0 aliphatic carbocycles. The number of nitrogens with one attached hydrogen (secondary N) is 1. The number of nitrogens with two attached hydrogens (primary N) is 1. The Balaban J connectivity index is 2.00. The monoisotopic (exact) mass is 343 g/mol. The van der Waals surface area contributed by atoms with Crippen LogP contribution in [-0.2, 0) is 4.79 Å². The van der Waals surface area contributed by atoms with E-state index in [4.69, 9.17) is 15.7 Å². The van der Waals surface area contributed by atoms with Gasteiger partial charge in [0.2, 0.25) is 5.91 Å². The number of para-hydroxylation sites is 1. The topological polar surface area (TPSA) is 88.1 Å². The van der Waals surface area contributed by atoms with Gasteiger partial charge in [-0.15, -0.1) is 0 Å². The SMILES string of the molecule is N#Cc1ccccc1Oc1cc2c(cc1Br)C(N)C(=O)N2. The summed E-state index contributed by atoms with van der Waals surface area (Å²) in [4.78, 5) is 11.6. The number of carbonyl (C=O) groups is 1. The molecule has 0 aromatic heterocycles. The van der Waals surface area contributed by atoms with Crippen molar-refractivity contribution in [3.8, 4) is 17.6 Å². The van der Waals surface area contributed by atoms with Gasteiger partial charge in [-0.25, -0.2) is 0 Å². The predicted octanol–water partition coefficient (Wildman–Crippen LogP) is 3.06. The first kappa shape index (κ1) is 13.6. The zero-order valence-corrected chi connectivity index (χ0v) is 12.3. The largest absolute Gasteiger partial charge is 0.455 e. The Labute approximate surface area is 129 Å². The number of rotatable bonds is 2. The van der Waals surface area contributed by atoms with Crippen molar-refractivity contribution in [2.24, 2.45) is 5.73 Å². The van der Waals surface area contributed by atoms with E-state index in [0.29, 0.717) is 32.8 Å². The number of benzene rings is 2. The Morgan fingerprint density at radius 2 is 2.05 bits per heavy atom. The van der Waals surface area contributed by atoms with Crippen LogP contribution in [0.3, 0.4) is 0 Å². The molecule has 2 aromatic rings. The van der Waals surface area contributed by atoms with Crippen molar-refractivity contribution in [1.82, 2.24) is 0 Å². The van der Waals surface area contributed by atoms with E-state index in [-0.39, 0.29) is 5.91 Å². The predicted molar refractivity (Wildman–Crippen MR) is 80.9 cm³/mol. The van der Waals surface area contributed by atoms with Crippen molar-refractivity contribution >= 4 is 27.5 Å². The van der Waals surface area contributed by atoms with E-state index in [1.807, 2.05) is 0 Å². The molecule has 0 saturated carbocycles. The second-order valence-corrected chi connectivity index (χ2v) is 5.40. The number of hydrogen-bond donors (Lipinski definition) is 2. The number of fused-ring (bicyclic) bond motifs is 1. The van der Waals surface area contributed by atoms with Crippen LogP contribution >= 0.6 is 15.9 Å². The van der Waals surface area contributed by atoms with Crippen molar-refractivity contribution in [2.75, 3.05) is 5.32 Å². The molecule has 0 spiro atoms. The third kappa shape index (κ3) is 2.37. The molecule has 1 atom stereocenters. The molecule has 0 fully saturated rings. The summed E-state index contributed by atoms with van der Waals surface area (Å²) in [6, 6.07) is 11.8. The molecule has 0 bridgehead atoms. The number of hydrogen-bond acceptors (Lipinski definition) is 4. The highest BCUT2D eigenvalue weighted by molar-refractivity contribution is 9.10. The Morgan fingerprint density at radius 1 is 1.29 bits per heavy atom.